The Bertz CT molecular complexity index is 556. The van der Waals surface area contributed by atoms with Crippen molar-refractivity contribution in [1.82, 2.24) is 4.90 Å². The summed E-state index contributed by atoms with van der Waals surface area (Å²) in [6.07, 6.45) is 6.26. The lowest BCUT2D eigenvalue weighted by molar-refractivity contribution is 0.0833. The highest BCUT2D eigenvalue weighted by Gasteiger charge is 2.41. The van der Waals surface area contributed by atoms with E-state index in [1.807, 2.05) is 0 Å². The lowest BCUT2D eigenvalue weighted by atomic mass is 10.0. The predicted octanol–water partition coefficient (Wildman–Crippen LogP) is 3.51. The predicted molar refractivity (Wildman–Crippen MR) is 89.2 cm³/mol. The normalized spacial score (nSPS) is 19.4. The first kappa shape index (κ1) is 14.7. The van der Waals surface area contributed by atoms with Gasteiger partial charge >= 0.3 is 0 Å². The van der Waals surface area contributed by atoms with E-state index >= 15 is 0 Å². The van der Waals surface area contributed by atoms with Crippen LogP contribution in [0.4, 0.5) is 10.7 Å². The second-order valence-electron chi connectivity index (χ2n) is 6.77. The third kappa shape index (κ3) is 2.76. The van der Waals surface area contributed by atoms with Crippen LogP contribution < -0.4 is 11.1 Å². The highest BCUT2D eigenvalue weighted by atomic mass is 32.1. The minimum absolute atomic E-state index is 0.0177. The number of thiophene rings is 1. The van der Waals surface area contributed by atoms with E-state index in [9.17, 15) is 4.79 Å². The number of rotatable bonds is 6. The number of carbonyl (C=O) groups is 1. The van der Waals surface area contributed by atoms with Gasteiger partial charge in [-0.2, -0.15) is 0 Å². The summed E-state index contributed by atoms with van der Waals surface area (Å²) in [6.45, 7) is 3.28. The molecule has 3 rings (SSSR count). The molecule has 3 N–H and O–H groups in total. The van der Waals surface area contributed by atoms with Gasteiger partial charge in [-0.1, -0.05) is 6.92 Å². The molecule has 0 saturated heterocycles. The first-order chi connectivity index (χ1) is 9.97. The average molecular weight is 307 g/mol. The maximum Gasteiger partial charge on any atom is 0.265 e. The molecule has 2 aliphatic rings. The standard InChI is InChI=1S/C16H25N3OS/c1-4-16(7-8-16)9-18-14-11(10-5-6-10)12(17)13(21-14)15(20)19(2)3/h10,18H,4-9,17H2,1-3H3. The number of nitrogens with zero attached hydrogens (tertiary/aromatic N) is 1. The van der Waals surface area contributed by atoms with E-state index in [1.54, 1.807) is 30.3 Å². The van der Waals surface area contributed by atoms with Gasteiger partial charge in [0.2, 0.25) is 0 Å². The third-order valence-electron chi connectivity index (χ3n) is 4.90. The first-order valence-electron chi connectivity index (χ1n) is 7.85. The summed E-state index contributed by atoms with van der Waals surface area (Å²) in [6, 6.07) is 0. The summed E-state index contributed by atoms with van der Waals surface area (Å²) in [5.74, 6) is 0.577. The number of hydrogen-bond donors (Lipinski definition) is 2. The number of nitrogens with one attached hydrogen (secondary N) is 1. The Labute approximate surface area is 130 Å². The molecule has 4 nitrogen and oxygen atoms in total. The monoisotopic (exact) mass is 307 g/mol. The highest BCUT2D eigenvalue weighted by Crippen LogP contribution is 2.53. The Kier molecular flexibility index (Phi) is 3.64. The van der Waals surface area contributed by atoms with Crippen LogP contribution in [0.15, 0.2) is 0 Å². The summed E-state index contributed by atoms with van der Waals surface area (Å²) < 4.78 is 0. The van der Waals surface area contributed by atoms with Gasteiger partial charge in [-0.3, -0.25) is 4.79 Å². The molecule has 0 bridgehead atoms. The van der Waals surface area contributed by atoms with Crippen molar-refractivity contribution in [3.8, 4) is 0 Å². The highest BCUT2D eigenvalue weighted by molar-refractivity contribution is 7.18. The molecule has 1 aromatic rings. The van der Waals surface area contributed by atoms with Gasteiger partial charge in [0, 0.05) is 26.2 Å². The molecule has 116 valence electrons. The van der Waals surface area contributed by atoms with E-state index in [-0.39, 0.29) is 5.91 Å². The third-order valence-corrected chi connectivity index (χ3v) is 6.07. The molecule has 0 radical (unpaired) electrons. The Morgan fingerprint density at radius 3 is 2.57 bits per heavy atom. The van der Waals surface area contributed by atoms with E-state index < -0.39 is 0 Å². The fourth-order valence-electron chi connectivity index (χ4n) is 2.83. The van der Waals surface area contributed by atoms with Crippen molar-refractivity contribution in [1.29, 1.82) is 0 Å². The summed E-state index contributed by atoms with van der Waals surface area (Å²) >= 11 is 1.54. The van der Waals surface area contributed by atoms with Crippen molar-refractivity contribution in [3.05, 3.63) is 10.4 Å². The van der Waals surface area contributed by atoms with Crippen molar-refractivity contribution in [2.24, 2.45) is 5.41 Å². The average Bonchev–Trinajstić information content (AvgIpc) is 3.36. The molecule has 0 atom stereocenters. The van der Waals surface area contributed by atoms with Crippen LogP contribution in [0.5, 0.6) is 0 Å². The van der Waals surface area contributed by atoms with Crippen molar-refractivity contribution in [2.75, 3.05) is 31.7 Å². The van der Waals surface area contributed by atoms with Crippen molar-refractivity contribution in [2.45, 2.75) is 44.9 Å². The molecule has 0 spiro atoms. The second-order valence-corrected chi connectivity index (χ2v) is 7.79. The van der Waals surface area contributed by atoms with Gasteiger partial charge in [0.15, 0.2) is 0 Å². The number of anilines is 2. The van der Waals surface area contributed by atoms with Crippen LogP contribution >= 0.6 is 11.3 Å². The molecule has 5 heteroatoms. The molecule has 1 aromatic heterocycles. The zero-order chi connectivity index (χ0) is 15.2. The van der Waals surface area contributed by atoms with Crippen molar-refractivity contribution in [3.63, 3.8) is 0 Å². The summed E-state index contributed by atoms with van der Waals surface area (Å²) in [5.41, 5.74) is 8.70. The first-order valence-corrected chi connectivity index (χ1v) is 8.67. The number of amides is 1. The van der Waals surface area contributed by atoms with Crippen LogP contribution in [-0.2, 0) is 0 Å². The molecule has 0 aromatic carbocycles. The Hall–Kier alpha value is -1.23. The van der Waals surface area contributed by atoms with E-state index in [0.29, 0.717) is 21.9 Å². The van der Waals surface area contributed by atoms with Crippen LogP contribution in [0.3, 0.4) is 0 Å². The fourth-order valence-corrected chi connectivity index (χ4v) is 4.05. The lowest BCUT2D eigenvalue weighted by Gasteiger charge is -2.14. The largest absolute Gasteiger partial charge is 0.397 e. The Morgan fingerprint density at radius 1 is 1.43 bits per heavy atom. The van der Waals surface area contributed by atoms with E-state index in [0.717, 1.165) is 11.5 Å². The lowest BCUT2D eigenvalue weighted by Crippen LogP contribution is -2.21. The van der Waals surface area contributed by atoms with Gasteiger partial charge < -0.3 is 16.0 Å². The van der Waals surface area contributed by atoms with Gasteiger partial charge in [0.1, 0.15) is 4.88 Å². The topological polar surface area (TPSA) is 58.4 Å². The number of nitrogens with two attached hydrogens (primary N) is 1. The van der Waals surface area contributed by atoms with Crippen LogP contribution in [0, 0.1) is 5.41 Å². The van der Waals surface area contributed by atoms with E-state index in [1.165, 1.54) is 37.7 Å². The zero-order valence-electron chi connectivity index (χ0n) is 13.2. The molecule has 2 fully saturated rings. The molecule has 1 amide bonds. The molecule has 0 aliphatic heterocycles. The van der Waals surface area contributed by atoms with Gasteiger partial charge in [0.05, 0.1) is 10.7 Å². The second kappa shape index (κ2) is 5.20. The summed E-state index contributed by atoms with van der Waals surface area (Å²) in [7, 11) is 3.56. The minimum Gasteiger partial charge on any atom is -0.397 e. The molecular weight excluding hydrogens is 282 g/mol. The molecule has 0 unspecified atom stereocenters. The van der Waals surface area contributed by atoms with Crippen LogP contribution in [-0.4, -0.2) is 31.4 Å². The van der Waals surface area contributed by atoms with Gasteiger partial charge in [-0.25, -0.2) is 0 Å². The summed E-state index contributed by atoms with van der Waals surface area (Å²) in [4.78, 5) is 14.6. The van der Waals surface area contributed by atoms with Crippen LogP contribution in [0.2, 0.25) is 0 Å². The van der Waals surface area contributed by atoms with Crippen molar-refractivity contribution >= 4 is 27.9 Å². The van der Waals surface area contributed by atoms with Gasteiger partial charge in [-0.05, 0) is 43.4 Å². The summed E-state index contributed by atoms with van der Waals surface area (Å²) in [5, 5.41) is 4.75. The molecule has 2 saturated carbocycles. The number of nitrogen functional groups attached to an aromatic ring is 1. The number of hydrogen-bond acceptors (Lipinski definition) is 4. The van der Waals surface area contributed by atoms with Gasteiger partial charge in [0.25, 0.3) is 5.91 Å². The molecule has 1 heterocycles. The number of carbonyl (C=O) groups excluding carboxylic acids is 1. The quantitative estimate of drug-likeness (QED) is 0.845. The van der Waals surface area contributed by atoms with E-state index in [4.69, 9.17) is 5.73 Å². The van der Waals surface area contributed by atoms with E-state index in [2.05, 4.69) is 12.2 Å². The van der Waals surface area contributed by atoms with Crippen molar-refractivity contribution < 1.29 is 4.79 Å². The minimum atomic E-state index is 0.0177. The fraction of sp³-hybridized carbons (Fsp3) is 0.688. The Morgan fingerprint density at radius 2 is 2.10 bits per heavy atom. The maximum atomic E-state index is 12.3. The SMILES string of the molecule is CCC1(CNc2sc(C(=O)N(C)C)c(N)c2C2CC2)CC1. The van der Waals surface area contributed by atoms with Gasteiger partial charge in [-0.15, -0.1) is 11.3 Å². The van der Waals surface area contributed by atoms with Crippen LogP contribution in [0.25, 0.3) is 0 Å². The molecule has 21 heavy (non-hydrogen) atoms. The maximum absolute atomic E-state index is 12.3. The zero-order valence-corrected chi connectivity index (χ0v) is 14.0. The Balaban J connectivity index is 1.84. The molecule has 2 aliphatic carbocycles. The molecular formula is C16H25N3OS. The smallest absolute Gasteiger partial charge is 0.265 e. The van der Waals surface area contributed by atoms with Crippen LogP contribution in [0.1, 0.15) is 60.2 Å².